The van der Waals surface area contributed by atoms with Crippen LogP contribution in [-0.2, 0) is 0 Å². The topological polar surface area (TPSA) is 116 Å². The average Bonchev–Trinajstić information content (AvgIpc) is 2.60. The predicted molar refractivity (Wildman–Crippen MR) is 105 cm³/mol. The fourth-order valence-corrected chi connectivity index (χ4v) is 2.70. The lowest BCUT2D eigenvalue weighted by atomic mass is 10.1. The monoisotopic (exact) mass is 421 g/mol. The number of allylic oxidation sites excluding steroid dienone is 2. The van der Waals surface area contributed by atoms with Crippen molar-refractivity contribution in [3.63, 3.8) is 0 Å². The fourth-order valence-electron chi connectivity index (χ4n) is 2.17. The first-order chi connectivity index (χ1) is 12.3. The molecule has 0 spiro atoms. The Morgan fingerprint density at radius 2 is 2.19 bits per heavy atom. The van der Waals surface area contributed by atoms with Gasteiger partial charge >= 0.3 is 0 Å². The van der Waals surface area contributed by atoms with Crippen molar-refractivity contribution in [1.82, 2.24) is 5.32 Å². The number of hydrogen-bond acceptors (Lipinski definition) is 6. The van der Waals surface area contributed by atoms with E-state index in [1.54, 1.807) is 6.07 Å². The van der Waals surface area contributed by atoms with E-state index in [4.69, 9.17) is 16.1 Å². The third-order valence-corrected chi connectivity index (χ3v) is 4.16. The second-order valence-corrected chi connectivity index (χ2v) is 6.21. The first-order valence-corrected chi connectivity index (χ1v) is 8.68. The number of aliphatic hydroxyl groups excluding tert-OH is 1. The summed E-state index contributed by atoms with van der Waals surface area (Å²) in [5.74, 6) is -0.475. The number of aliphatic hydroxyl groups is 1. The molecule has 0 amide bonds. The minimum Gasteiger partial charge on any atom is -0.389 e. The Balaban J connectivity index is 3.28. The molecule has 1 atom stereocenters. The Morgan fingerprint density at radius 1 is 1.50 bits per heavy atom. The summed E-state index contributed by atoms with van der Waals surface area (Å²) in [5, 5.41) is 40.1. The smallest absolute Gasteiger partial charge is 0.133 e. The Kier molecular flexibility index (Phi) is 8.68. The highest BCUT2D eigenvalue weighted by Gasteiger charge is 2.13. The number of nitrogens with zero attached hydrogens (tertiary/aromatic N) is 1. The normalized spacial score (nSPS) is 13.3. The number of rotatable bonds is 9. The van der Waals surface area contributed by atoms with Crippen molar-refractivity contribution >= 4 is 33.5 Å². The Labute approximate surface area is 160 Å². The zero-order valence-corrected chi connectivity index (χ0v) is 16.1. The van der Waals surface area contributed by atoms with Crippen molar-refractivity contribution in [2.75, 3.05) is 11.9 Å². The highest BCUT2D eigenvalue weighted by molar-refractivity contribution is 9.11. The molecule has 0 saturated carbocycles. The molecule has 26 heavy (non-hydrogen) atoms. The SMILES string of the molecule is CCN/C(Br)=C(\C=N)C/C(=C/C(=N)C#N)Nc1ccc(F)cc1C(C)O. The summed E-state index contributed by atoms with van der Waals surface area (Å²) in [7, 11) is 0. The Morgan fingerprint density at radius 3 is 2.73 bits per heavy atom. The summed E-state index contributed by atoms with van der Waals surface area (Å²) < 4.78 is 14.1. The van der Waals surface area contributed by atoms with Gasteiger partial charge in [0.25, 0.3) is 0 Å². The molecule has 0 aliphatic heterocycles. The van der Waals surface area contributed by atoms with Gasteiger partial charge in [-0.3, -0.25) is 5.41 Å². The van der Waals surface area contributed by atoms with E-state index >= 15 is 0 Å². The molecule has 1 aromatic carbocycles. The van der Waals surface area contributed by atoms with Gasteiger partial charge in [0.2, 0.25) is 0 Å². The molecular weight excluding hydrogens is 401 g/mol. The van der Waals surface area contributed by atoms with Crippen molar-refractivity contribution in [3.8, 4) is 6.07 Å². The molecule has 0 saturated heterocycles. The standard InChI is InChI=1S/C18H21BrFN5O/c1-3-24-18(19)12(9-21)6-15(8-14(23)10-22)25-17-5-4-13(20)7-16(17)11(2)26/h4-5,7-9,11,21,23-26H,3,6H2,1-2H3/b15-8-,18-12-,21-9?,23-14?. The minimum atomic E-state index is -0.906. The van der Waals surface area contributed by atoms with E-state index in [0.717, 1.165) is 0 Å². The van der Waals surface area contributed by atoms with Gasteiger partial charge in [-0.05, 0) is 54.1 Å². The molecule has 0 radical (unpaired) electrons. The van der Waals surface area contributed by atoms with E-state index < -0.39 is 11.9 Å². The molecule has 0 aliphatic rings. The van der Waals surface area contributed by atoms with Crippen molar-refractivity contribution in [2.24, 2.45) is 0 Å². The van der Waals surface area contributed by atoms with Crippen LogP contribution < -0.4 is 10.6 Å². The third-order valence-electron chi connectivity index (χ3n) is 3.37. The van der Waals surface area contributed by atoms with Crippen molar-refractivity contribution in [3.05, 3.63) is 51.5 Å². The number of benzene rings is 1. The fraction of sp³-hybridized carbons (Fsp3) is 0.278. The van der Waals surface area contributed by atoms with Gasteiger partial charge in [0.05, 0.1) is 10.7 Å². The van der Waals surface area contributed by atoms with Gasteiger partial charge in [-0.1, -0.05) is 0 Å². The maximum Gasteiger partial charge on any atom is 0.133 e. The quantitative estimate of drug-likeness (QED) is 0.306. The minimum absolute atomic E-state index is 0.220. The summed E-state index contributed by atoms with van der Waals surface area (Å²) in [6.07, 6.45) is 1.82. The lowest BCUT2D eigenvalue weighted by Crippen LogP contribution is -2.13. The van der Waals surface area contributed by atoms with Crippen LogP contribution in [0.5, 0.6) is 0 Å². The maximum absolute atomic E-state index is 13.5. The second kappa shape index (κ2) is 10.5. The summed E-state index contributed by atoms with van der Waals surface area (Å²) >= 11 is 3.36. The molecule has 0 heterocycles. The Bertz CT molecular complexity index is 780. The molecule has 0 fully saturated rings. The summed E-state index contributed by atoms with van der Waals surface area (Å²) in [5.41, 5.74) is 1.60. The van der Waals surface area contributed by atoms with E-state index in [1.807, 2.05) is 6.92 Å². The van der Waals surface area contributed by atoms with Crippen LogP contribution in [-0.4, -0.2) is 23.6 Å². The van der Waals surface area contributed by atoms with Gasteiger partial charge < -0.3 is 21.1 Å². The summed E-state index contributed by atoms with van der Waals surface area (Å²) in [6.45, 7) is 4.09. The van der Waals surface area contributed by atoms with Crippen molar-refractivity contribution in [1.29, 1.82) is 16.1 Å². The molecule has 1 rings (SSSR count). The summed E-state index contributed by atoms with van der Waals surface area (Å²) in [6, 6.07) is 5.69. The van der Waals surface area contributed by atoms with Crippen molar-refractivity contribution in [2.45, 2.75) is 26.4 Å². The van der Waals surface area contributed by atoms with Crippen LogP contribution in [0.2, 0.25) is 0 Å². The lowest BCUT2D eigenvalue weighted by molar-refractivity contribution is 0.199. The van der Waals surface area contributed by atoms with Gasteiger partial charge in [0.15, 0.2) is 0 Å². The molecule has 5 N–H and O–H groups in total. The third kappa shape index (κ3) is 6.43. The predicted octanol–water partition coefficient (Wildman–Crippen LogP) is 3.97. The molecule has 0 aliphatic carbocycles. The van der Waals surface area contributed by atoms with Crippen molar-refractivity contribution < 1.29 is 9.50 Å². The maximum atomic E-state index is 13.5. The van der Waals surface area contributed by atoms with Crippen LogP contribution in [0.3, 0.4) is 0 Å². The highest BCUT2D eigenvalue weighted by atomic mass is 79.9. The van der Waals surface area contributed by atoms with E-state index in [1.165, 1.54) is 37.4 Å². The van der Waals surface area contributed by atoms with Gasteiger partial charge in [-0.15, -0.1) is 0 Å². The summed E-state index contributed by atoms with van der Waals surface area (Å²) in [4.78, 5) is 0. The second-order valence-electron chi connectivity index (χ2n) is 5.42. The lowest BCUT2D eigenvalue weighted by Gasteiger charge is -2.17. The van der Waals surface area contributed by atoms with Crippen LogP contribution in [0.25, 0.3) is 0 Å². The zero-order chi connectivity index (χ0) is 19.7. The Hall–Kier alpha value is -2.50. The molecule has 138 valence electrons. The molecule has 0 aromatic heterocycles. The van der Waals surface area contributed by atoms with Crippen LogP contribution >= 0.6 is 15.9 Å². The first kappa shape index (κ1) is 21.5. The number of anilines is 1. The molecule has 1 aromatic rings. The molecular formula is C18H21BrFN5O. The van der Waals surface area contributed by atoms with Crippen LogP contribution in [0, 0.1) is 28.0 Å². The van der Waals surface area contributed by atoms with E-state index in [0.29, 0.717) is 33.7 Å². The van der Waals surface area contributed by atoms with Gasteiger partial charge in [0, 0.05) is 41.7 Å². The number of halogens is 2. The van der Waals surface area contributed by atoms with Crippen LogP contribution in [0.4, 0.5) is 10.1 Å². The average molecular weight is 422 g/mol. The van der Waals surface area contributed by atoms with E-state index in [-0.39, 0.29) is 12.1 Å². The number of hydrogen-bond donors (Lipinski definition) is 5. The van der Waals surface area contributed by atoms with Crippen LogP contribution in [0.1, 0.15) is 31.9 Å². The largest absolute Gasteiger partial charge is 0.389 e. The zero-order valence-electron chi connectivity index (χ0n) is 14.5. The van der Waals surface area contributed by atoms with E-state index in [2.05, 4.69) is 26.6 Å². The molecule has 0 bridgehead atoms. The van der Waals surface area contributed by atoms with Gasteiger partial charge in [-0.2, -0.15) is 5.26 Å². The number of nitrogens with one attached hydrogen (secondary N) is 4. The van der Waals surface area contributed by atoms with Gasteiger partial charge in [-0.25, -0.2) is 4.39 Å². The number of nitriles is 1. The van der Waals surface area contributed by atoms with Gasteiger partial charge in [0.1, 0.15) is 17.6 Å². The molecule has 6 nitrogen and oxygen atoms in total. The van der Waals surface area contributed by atoms with Crippen LogP contribution in [0.15, 0.2) is 40.2 Å². The van der Waals surface area contributed by atoms with E-state index in [9.17, 15) is 9.50 Å². The highest BCUT2D eigenvalue weighted by Crippen LogP contribution is 2.27. The first-order valence-electron chi connectivity index (χ1n) is 7.89. The molecule has 8 heteroatoms. The molecule has 1 unspecified atom stereocenters.